The Hall–Kier alpha value is -1.14. The number of amides is 1. The highest BCUT2D eigenvalue weighted by atomic mass is 16.5. The molecule has 0 saturated carbocycles. The Morgan fingerprint density at radius 1 is 1.33 bits per heavy atom. The first-order valence-corrected chi connectivity index (χ1v) is 6.19. The molecule has 104 valence electrons. The van der Waals surface area contributed by atoms with Gasteiger partial charge >= 0.3 is 5.97 Å². The van der Waals surface area contributed by atoms with Gasteiger partial charge in [0.1, 0.15) is 0 Å². The summed E-state index contributed by atoms with van der Waals surface area (Å²) in [7, 11) is 3.79. The van der Waals surface area contributed by atoms with Crippen LogP contribution in [-0.2, 0) is 14.3 Å². The fraction of sp³-hybridized carbons (Fsp3) is 0.833. The number of carbonyl (C=O) groups is 2. The second-order valence-electron chi connectivity index (χ2n) is 5.03. The molecule has 0 spiro atoms. The number of nitrogens with one attached hydrogen (secondary N) is 1. The van der Waals surface area contributed by atoms with Crippen LogP contribution < -0.4 is 5.32 Å². The van der Waals surface area contributed by atoms with Gasteiger partial charge in [0.2, 0.25) is 5.91 Å². The first-order chi connectivity index (χ1) is 8.46. The minimum absolute atomic E-state index is 0.101. The highest BCUT2D eigenvalue weighted by molar-refractivity contribution is 5.79. The molecule has 0 unspecified atom stereocenters. The summed E-state index contributed by atoms with van der Waals surface area (Å²) in [5.41, 5.74) is -0.855. The van der Waals surface area contributed by atoms with Crippen molar-refractivity contribution < 1.29 is 19.4 Å². The van der Waals surface area contributed by atoms with E-state index in [0.717, 1.165) is 0 Å². The summed E-state index contributed by atoms with van der Waals surface area (Å²) in [5.74, 6) is -0.950. The molecule has 1 aliphatic heterocycles. The maximum absolute atomic E-state index is 11.6. The number of hydrogen-bond acceptors (Lipinski definition) is 4. The fourth-order valence-corrected chi connectivity index (χ4v) is 1.91. The van der Waals surface area contributed by atoms with E-state index in [-0.39, 0.29) is 12.5 Å². The molecule has 0 aliphatic carbocycles. The lowest BCUT2D eigenvalue weighted by atomic mass is 9.80. The monoisotopic (exact) mass is 258 g/mol. The van der Waals surface area contributed by atoms with E-state index in [9.17, 15) is 14.7 Å². The van der Waals surface area contributed by atoms with Crippen LogP contribution in [0, 0.1) is 5.41 Å². The third-order valence-corrected chi connectivity index (χ3v) is 3.31. The smallest absolute Gasteiger partial charge is 0.311 e. The van der Waals surface area contributed by atoms with Gasteiger partial charge in [-0.3, -0.25) is 9.59 Å². The molecule has 18 heavy (non-hydrogen) atoms. The lowest BCUT2D eigenvalue weighted by Gasteiger charge is -2.33. The second-order valence-corrected chi connectivity index (χ2v) is 5.03. The Balaban J connectivity index is 2.42. The maximum atomic E-state index is 11.6. The van der Waals surface area contributed by atoms with Crippen LogP contribution in [0.15, 0.2) is 0 Å². The lowest BCUT2D eigenvalue weighted by molar-refractivity contribution is -0.154. The van der Waals surface area contributed by atoms with E-state index in [2.05, 4.69) is 5.32 Å². The lowest BCUT2D eigenvalue weighted by Crippen LogP contribution is -2.46. The molecule has 1 saturated heterocycles. The minimum Gasteiger partial charge on any atom is -0.481 e. The van der Waals surface area contributed by atoms with Crippen molar-refractivity contribution in [2.75, 3.05) is 40.4 Å². The summed E-state index contributed by atoms with van der Waals surface area (Å²) in [5, 5.41) is 12.0. The second kappa shape index (κ2) is 6.70. The summed E-state index contributed by atoms with van der Waals surface area (Å²) >= 11 is 0. The molecule has 1 heterocycles. The average Bonchev–Trinajstić information content (AvgIpc) is 2.34. The quantitative estimate of drug-likeness (QED) is 0.697. The summed E-state index contributed by atoms with van der Waals surface area (Å²) in [6, 6.07) is 0. The molecule has 1 fully saturated rings. The zero-order valence-electron chi connectivity index (χ0n) is 11.1. The van der Waals surface area contributed by atoms with Crippen molar-refractivity contribution in [3.8, 4) is 0 Å². The predicted octanol–water partition coefficient (Wildman–Crippen LogP) is -0.0643. The van der Waals surface area contributed by atoms with Gasteiger partial charge in [-0.2, -0.15) is 0 Å². The number of aliphatic carboxylic acids is 1. The van der Waals surface area contributed by atoms with Crippen molar-refractivity contribution in [2.24, 2.45) is 5.41 Å². The third-order valence-electron chi connectivity index (χ3n) is 3.31. The van der Waals surface area contributed by atoms with E-state index in [1.807, 2.05) is 19.0 Å². The van der Waals surface area contributed by atoms with Crippen LogP contribution in [0.4, 0.5) is 0 Å². The van der Waals surface area contributed by atoms with Crippen molar-refractivity contribution in [3.05, 3.63) is 0 Å². The van der Waals surface area contributed by atoms with Crippen LogP contribution in [0.25, 0.3) is 0 Å². The molecule has 1 aliphatic rings. The van der Waals surface area contributed by atoms with Gasteiger partial charge in [0.05, 0.1) is 5.41 Å². The zero-order chi connectivity index (χ0) is 13.6. The van der Waals surface area contributed by atoms with Gasteiger partial charge in [-0.05, 0) is 26.9 Å². The van der Waals surface area contributed by atoms with Gasteiger partial charge in [0.15, 0.2) is 0 Å². The number of rotatable bonds is 6. The highest BCUT2D eigenvalue weighted by Gasteiger charge is 2.40. The molecule has 0 atom stereocenters. The maximum Gasteiger partial charge on any atom is 0.311 e. The Kier molecular flexibility index (Phi) is 5.55. The zero-order valence-corrected chi connectivity index (χ0v) is 11.1. The number of nitrogens with zero attached hydrogens (tertiary/aromatic N) is 1. The van der Waals surface area contributed by atoms with Gasteiger partial charge in [-0.25, -0.2) is 0 Å². The Labute approximate surface area is 107 Å². The van der Waals surface area contributed by atoms with Crippen LogP contribution in [-0.4, -0.2) is 62.3 Å². The third kappa shape index (κ3) is 4.27. The van der Waals surface area contributed by atoms with Crippen LogP contribution in [0.3, 0.4) is 0 Å². The molecule has 6 nitrogen and oxygen atoms in total. The molecule has 0 aromatic carbocycles. The number of ether oxygens (including phenoxy) is 1. The molecular weight excluding hydrogens is 236 g/mol. The minimum atomic E-state index is -0.855. The largest absolute Gasteiger partial charge is 0.481 e. The standard InChI is InChI=1S/C12H22N2O4/c1-14(2)6-3-10(15)13-9-12(11(16)17)4-7-18-8-5-12/h3-9H2,1-2H3,(H,13,15)(H,16,17). The Morgan fingerprint density at radius 3 is 2.44 bits per heavy atom. The molecule has 0 aromatic rings. The molecule has 0 aromatic heterocycles. The first kappa shape index (κ1) is 14.9. The van der Waals surface area contributed by atoms with Crippen LogP contribution in [0.1, 0.15) is 19.3 Å². The van der Waals surface area contributed by atoms with Crippen LogP contribution in [0.2, 0.25) is 0 Å². The summed E-state index contributed by atoms with van der Waals surface area (Å²) < 4.78 is 5.18. The predicted molar refractivity (Wildman–Crippen MR) is 66.3 cm³/mol. The molecule has 0 bridgehead atoms. The fourth-order valence-electron chi connectivity index (χ4n) is 1.91. The van der Waals surface area contributed by atoms with E-state index in [4.69, 9.17) is 4.74 Å². The molecule has 1 amide bonds. The summed E-state index contributed by atoms with van der Waals surface area (Å²) in [4.78, 5) is 24.9. The van der Waals surface area contributed by atoms with Crippen LogP contribution in [0.5, 0.6) is 0 Å². The number of carboxylic acids is 1. The molecule has 0 radical (unpaired) electrons. The van der Waals surface area contributed by atoms with Gasteiger partial charge in [0.25, 0.3) is 0 Å². The van der Waals surface area contributed by atoms with Gasteiger partial charge in [0, 0.05) is 32.7 Å². The van der Waals surface area contributed by atoms with Gasteiger partial charge in [-0.1, -0.05) is 0 Å². The highest BCUT2D eigenvalue weighted by Crippen LogP contribution is 2.30. The molecule has 2 N–H and O–H groups in total. The SMILES string of the molecule is CN(C)CCC(=O)NCC1(C(=O)O)CCOCC1. The van der Waals surface area contributed by atoms with E-state index < -0.39 is 11.4 Å². The number of hydrogen-bond donors (Lipinski definition) is 2. The van der Waals surface area contributed by atoms with E-state index in [1.54, 1.807) is 0 Å². The first-order valence-electron chi connectivity index (χ1n) is 6.19. The van der Waals surface area contributed by atoms with E-state index in [0.29, 0.717) is 39.0 Å². The topological polar surface area (TPSA) is 78.9 Å². The summed E-state index contributed by atoms with van der Waals surface area (Å²) in [6.07, 6.45) is 1.30. The van der Waals surface area contributed by atoms with Gasteiger partial charge in [-0.15, -0.1) is 0 Å². The molecular formula is C12H22N2O4. The molecule has 1 rings (SSSR count). The van der Waals surface area contributed by atoms with Crippen molar-refractivity contribution >= 4 is 11.9 Å². The summed E-state index contributed by atoms with van der Waals surface area (Å²) in [6.45, 7) is 1.74. The molecule has 6 heteroatoms. The van der Waals surface area contributed by atoms with Crippen molar-refractivity contribution in [1.29, 1.82) is 0 Å². The Morgan fingerprint density at radius 2 is 1.94 bits per heavy atom. The van der Waals surface area contributed by atoms with E-state index >= 15 is 0 Å². The van der Waals surface area contributed by atoms with Crippen LogP contribution >= 0.6 is 0 Å². The van der Waals surface area contributed by atoms with Crippen molar-refractivity contribution in [3.63, 3.8) is 0 Å². The Bertz CT molecular complexity index is 298. The number of carboxylic acid groups (broad SMARTS) is 1. The van der Waals surface area contributed by atoms with E-state index in [1.165, 1.54) is 0 Å². The van der Waals surface area contributed by atoms with Crippen molar-refractivity contribution in [1.82, 2.24) is 10.2 Å². The average molecular weight is 258 g/mol. The number of carbonyl (C=O) groups excluding carboxylic acids is 1. The normalized spacial score (nSPS) is 18.6. The van der Waals surface area contributed by atoms with Crippen molar-refractivity contribution in [2.45, 2.75) is 19.3 Å². The van der Waals surface area contributed by atoms with Gasteiger partial charge < -0.3 is 20.1 Å².